The van der Waals surface area contributed by atoms with Crippen molar-refractivity contribution in [2.75, 3.05) is 6.54 Å². The minimum atomic E-state index is -0.175. The standard InChI is InChI=1S/C13H12IN3O2/c14-11-5-2-1-4-10(11)13(19)15-8-9-17-12(18)6-3-7-16-17/h1-7H,8-9H2,(H,15,19). The first kappa shape index (κ1) is 13.7. The van der Waals surface area contributed by atoms with Crippen LogP contribution in [0, 0.1) is 3.57 Å². The lowest BCUT2D eigenvalue weighted by molar-refractivity contribution is 0.0951. The van der Waals surface area contributed by atoms with Gasteiger partial charge in [0.05, 0.1) is 12.1 Å². The molecule has 2 rings (SSSR count). The summed E-state index contributed by atoms with van der Waals surface area (Å²) in [6.45, 7) is 0.718. The zero-order valence-corrected chi connectivity index (χ0v) is 12.2. The van der Waals surface area contributed by atoms with Gasteiger partial charge in [0.1, 0.15) is 0 Å². The third-order valence-corrected chi connectivity index (χ3v) is 3.45. The number of amides is 1. The van der Waals surface area contributed by atoms with E-state index in [0.717, 1.165) is 3.57 Å². The van der Waals surface area contributed by atoms with Gasteiger partial charge in [0.2, 0.25) is 0 Å². The highest BCUT2D eigenvalue weighted by Gasteiger charge is 2.08. The third-order valence-electron chi connectivity index (χ3n) is 2.51. The Morgan fingerprint density at radius 1 is 1.26 bits per heavy atom. The van der Waals surface area contributed by atoms with Crippen LogP contribution in [0.2, 0.25) is 0 Å². The van der Waals surface area contributed by atoms with Crippen molar-refractivity contribution < 1.29 is 4.79 Å². The average molecular weight is 369 g/mol. The summed E-state index contributed by atoms with van der Waals surface area (Å²) in [4.78, 5) is 23.3. The lowest BCUT2D eigenvalue weighted by atomic mass is 10.2. The SMILES string of the molecule is O=C(NCCn1ncccc1=O)c1ccccc1I. The van der Waals surface area contributed by atoms with Crippen molar-refractivity contribution in [2.24, 2.45) is 0 Å². The number of hydrogen-bond donors (Lipinski definition) is 1. The molecular weight excluding hydrogens is 357 g/mol. The molecule has 0 aliphatic rings. The molecule has 0 saturated carbocycles. The molecule has 1 N–H and O–H groups in total. The molecule has 0 fully saturated rings. The fraction of sp³-hybridized carbons (Fsp3) is 0.154. The number of carbonyl (C=O) groups is 1. The van der Waals surface area contributed by atoms with E-state index in [2.05, 4.69) is 33.0 Å². The molecule has 5 nitrogen and oxygen atoms in total. The molecule has 1 aromatic heterocycles. The molecule has 98 valence electrons. The predicted octanol–water partition coefficient (Wildman–Crippen LogP) is 1.28. The maximum absolute atomic E-state index is 11.9. The van der Waals surface area contributed by atoms with Gasteiger partial charge in [-0.15, -0.1) is 0 Å². The number of benzene rings is 1. The van der Waals surface area contributed by atoms with E-state index in [4.69, 9.17) is 0 Å². The van der Waals surface area contributed by atoms with Crippen molar-refractivity contribution in [1.29, 1.82) is 0 Å². The van der Waals surface area contributed by atoms with Crippen LogP contribution < -0.4 is 10.9 Å². The van der Waals surface area contributed by atoms with Crippen LogP contribution >= 0.6 is 22.6 Å². The maximum atomic E-state index is 11.9. The van der Waals surface area contributed by atoms with E-state index < -0.39 is 0 Å². The predicted molar refractivity (Wildman–Crippen MR) is 80.0 cm³/mol. The van der Waals surface area contributed by atoms with Gasteiger partial charge in [-0.25, -0.2) is 4.68 Å². The minimum Gasteiger partial charge on any atom is -0.350 e. The van der Waals surface area contributed by atoms with Crippen molar-refractivity contribution in [2.45, 2.75) is 6.54 Å². The first-order valence-corrected chi connectivity index (χ1v) is 6.81. The quantitative estimate of drug-likeness (QED) is 0.826. The van der Waals surface area contributed by atoms with E-state index in [1.165, 1.54) is 10.7 Å². The van der Waals surface area contributed by atoms with E-state index in [9.17, 15) is 9.59 Å². The fourth-order valence-corrected chi connectivity index (χ4v) is 2.20. The smallest absolute Gasteiger partial charge is 0.266 e. The van der Waals surface area contributed by atoms with Crippen LogP contribution in [0.4, 0.5) is 0 Å². The molecule has 0 bridgehead atoms. The van der Waals surface area contributed by atoms with Crippen molar-refractivity contribution in [3.8, 4) is 0 Å². The normalized spacial score (nSPS) is 10.2. The number of nitrogens with zero attached hydrogens (tertiary/aromatic N) is 2. The summed E-state index contributed by atoms with van der Waals surface area (Å²) >= 11 is 2.12. The van der Waals surface area contributed by atoms with E-state index >= 15 is 0 Å². The first-order valence-electron chi connectivity index (χ1n) is 5.73. The number of carbonyl (C=O) groups excluding carboxylic acids is 1. The zero-order valence-electron chi connectivity index (χ0n) is 10.0. The Balaban J connectivity index is 1.94. The lowest BCUT2D eigenvalue weighted by Gasteiger charge is -2.07. The second-order valence-electron chi connectivity index (χ2n) is 3.82. The maximum Gasteiger partial charge on any atom is 0.266 e. The Hall–Kier alpha value is -1.70. The number of aromatic nitrogens is 2. The Kier molecular flexibility index (Phi) is 4.67. The number of rotatable bonds is 4. The van der Waals surface area contributed by atoms with Gasteiger partial charge >= 0.3 is 0 Å². The van der Waals surface area contributed by atoms with Gasteiger partial charge in [-0.3, -0.25) is 9.59 Å². The summed E-state index contributed by atoms with van der Waals surface area (Å²) in [5, 5.41) is 6.69. The summed E-state index contributed by atoms with van der Waals surface area (Å²) in [6.07, 6.45) is 1.54. The van der Waals surface area contributed by atoms with Gasteiger partial charge in [-0.05, 0) is 40.8 Å². The molecule has 0 aliphatic heterocycles. The molecule has 0 radical (unpaired) electrons. The van der Waals surface area contributed by atoms with E-state index in [-0.39, 0.29) is 11.5 Å². The van der Waals surface area contributed by atoms with Crippen LogP contribution in [-0.4, -0.2) is 22.2 Å². The Bertz CT molecular complexity index is 640. The second kappa shape index (κ2) is 6.46. The van der Waals surface area contributed by atoms with E-state index in [1.54, 1.807) is 18.3 Å². The molecule has 1 aromatic carbocycles. The van der Waals surface area contributed by atoms with Crippen LogP contribution in [0.5, 0.6) is 0 Å². The van der Waals surface area contributed by atoms with Gasteiger partial charge in [0.15, 0.2) is 0 Å². The number of nitrogens with one attached hydrogen (secondary N) is 1. The minimum absolute atomic E-state index is 0.144. The highest BCUT2D eigenvalue weighted by atomic mass is 127. The van der Waals surface area contributed by atoms with Gasteiger partial charge in [0, 0.05) is 22.4 Å². The Morgan fingerprint density at radius 2 is 2.05 bits per heavy atom. The van der Waals surface area contributed by atoms with Crippen molar-refractivity contribution in [3.63, 3.8) is 0 Å². The summed E-state index contributed by atoms with van der Waals surface area (Å²) in [6, 6.07) is 10.4. The molecule has 2 aromatic rings. The third kappa shape index (κ3) is 3.63. The molecule has 6 heteroatoms. The van der Waals surface area contributed by atoms with E-state index in [1.807, 2.05) is 18.2 Å². The number of halogens is 1. The molecule has 0 aliphatic carbocycles. The fourth-order valence-electron chi connectivity index (χ4n) is 1.57. The topological polar surface area (TPSA) is 64.0 Å². The molecule has 0 atom stereocenters. The molecule has 0 unspecified atom stereocenters. The van der Waals surface area contributed by atoms with E-state index in [0.29, 0.717) is 18.7 Å². The van der Waals surface area contributed by atoms with Crippen LogP contribution in [0.3, 0.4) is 0 Å². The summed E-state index contributed by atoms with van der Waals surface area (Å²) in [5.74, 6) is -0.144. The van der Waals surface area contributed by atoms with Gasteiger partial charge in [-0.1, -0.05) is 12.1 Å². The monoisotopic (exact) mass is 369 g/mol. The Morgan fingerprint density at radius 3 is 2.79 bits per heavy atom. The largest absolute Gasteiger partial charge is 0.350 e. The van der Waals surface area contributed by atoms with Gasteiger partial charge in [-0.2, -0.15) is 5.10 Å². The van der Waals surface area contributed by atoms with Gasteiger partial charge in [0.25, 0.3) is 11.5 Å². The number of hydrogen-bond acceptors (Lipinski definition) is 3. The molecule has 19 heavy (non-hydrogen) atoms. The van der Waals surface area contributed by atoms with Crippen LogP contribution in [0.25, 0.3) is 0 Å². The van der Waals surface area contributed by atoms with Crippen molar-refractivity contribution in [1.82, 2.24) is 15.1 Å². The summed E-state index contributed by atoms with van der Waals surface area (Å²) < 4.78 is 2.21. The second-order valence-corrected chi connectivity index (χ2v) is 4.98. The Labute approximate surface area is 123 Å². The average Bonchev–Trinajstić information content (AvgIpc) is 2.41. The summed E-state index contributed by atoms with van der Waals surface area (Å²) in [5.41, 5.74) is 0.461. The molecule has 1 amide bonds. The van der Waals surface area contributed by atoms with Gasteiger partial charge < -0.3 is 5.32 Å². The summed E-state index contributed by atoms with van der Waals surface area (Å²) in [7, 11) is 0. The molecule has 1 heterocycles. The highest BCUT2D eigenvalue weighted by molar-refractivity contribution is 14.1. The van der Waals surface area contributed by atoms with Crippen LogP contribution in [0.15, 0.2) is 47.4 Å². The first-order chi connectivity index (χ1) is 9.18. The van der Waals surface area contributed by atoms with Crippen LogP contribution in [0.1, 0.15) is 10.4 Å². The highest BCUT2D eigenvalue weighted by Crippen LogP contribution is 2.10. The molecular formula is C13H12IN3O2. The lowest BCUT2D eigenvalue weighted by Crippen LogP contribution is -2.31. The van der Waals surface area contributed by atoms with Crippen molar-refractivity contribution >= 4 is 28.5 Å². The van der Waals surface area contributed by atoms with Crippen molar-refractivity contribution in [3.05, 3.63) is 62.1 Å². The van der Waals surface area contributed by atoms with Crippen LogP contribution in [-0.2, 0) is 6.54 Å². The molecule has 0 spiro atoms. The zero-order chi connectivity index (χ0) is 13.7. The molecule has 0 saturated heterocycles.